The van der Waals surface area contributed by atoms with Crippen LogP contribution in [0, 0.1) is 0 Å². The molecule has 0 aliphatic heterocycles. The number of hydrogen-bond donors (Lipinski definition) is 2. The molecule has 0 aliphatic rings. The summed E-state index contributed by atoms with van der Waals surface area (Å²) in [5.41, 5.74) is 0.215. The van der Waals surface area contributed by atoms with Gasteiger partial charge in [-0.25, -0.2) is 0 Å². The van der Waals surface area contributed by atoms with Crippen LogP contribution in [0.4, 0.5) is 0 Å². The van der Waals surface area contributed by atoms with Crippen LogP contribution in [-0.2, 0) is 6.54 Å². The fourth-order valence-corrected chi connectivity index (χ4v) is 3.74. The number of thiophene rings is 2. The lowest BCUT2D eigenvalue weighted by molar-refractivity contribution is 0.422. The van der Waals surface area contributed by atoms with Crippen LogP contribution in [0.1, 0.15) is 25.6 Å². The summed E-state index contributed by atoms with van der Waals surface area (Å²) in [5.74, 6) is 0. The van der Waals surface area contributed by atoms with E-state index in [4.69, 9.17) is 0 Å². The highest BCUT2D eigenvalue weighted by molar-refractivity contribution is 7.26. The van der Waals surface area contributed by atoms with E-state index in [1.165, 1.54) is 14.3 Å². The fraction of sp³-hybridized carbons (Fsp3) is 0.538. The molecule has 0 bridgehead atoms. The maximum atomic E-state index is 3.48. The molecule has 2 N–H and O–H groups in total. The number of rotatable bonds is 5. The fourth-order valence-electron chi connectivity index (χ4n) is 1.64. The van der Waals surface area contributed by atoms with Gasteiger partial charge >= 0.3 is 0 Å². The van der Waals surface area contributed by atoms with Crippen molar-refractivity contribution in [3.05, 3.63) is 22.4 Å². The van der Waals surface area contributed by atoms with Gasteiger partial charge in [0.15, 0.2) is 0 Å². The van der Waals surface area contributed by atoms with Crippen LogP contribution in [0.25, 0.3) is 9.40 Å². The molecule has 2 rings (SSSR count). The smallest absolute Gasteiger partial charge is 0.0453 e. The van der Waals surface area contributed by atoms with Gasteiger partial charge in [0, 0.05) is 39.5 Å². The van der Waals surface area contributed by atoms with Gasteiger partial charge in [0.05, 0.1) is 0 Å². The normalized spacial score (nSPS) is 12.4. The molecule has 17 heavy (non-hydrogen) atoms. The van der Waals surface area contributed by atoms with Crippen LogP contribution >= 0.6 is 22.7 Å². The van der Waals surface area contributed by atoms with Crippen LogP contribution in [0.15, 0.2) is 17.5 Å². The lowest BCUT2D eigenvalue weighted by Gasteiger charge is -2.20. The molecule has 0 spiro atoms. The number of fused-ring (bicyclic) bond motifs is 1. The molecule has 0 aromatic carbocycles. The molecule has 0 amide bonds. The van der Waals surface area contributed by atoms with E-state index in [1.807, 2.05) is 22.7 Å². The highest BCUT2D eigenvalue weighted by Crippen LogP contribution is 2.29. The van der Waals surface area contributed by atoms with Gasteiger partial charge < -0.3 is 10.6 Å². The van der Waals surface area contributed by atoms with Crippen molar-refractivity contribution in [3.63, 3.8) is 0 Å². The van der Waals surface area contributed by atoms with Crippen molar-refractivity contribution in [2.45, 2.75) is 32.9 Å². The Balaban J connectivity index is 1.70. The van der Waals surface area contributed by atoms with Crippen molar-refractivity contribution in [2.75, 3.05) is 13.1 Å². The van der Waals surface area contributed by atoms with E-state index in [2.05, 4.69) is 48.9 Å². The summed E-state index contributed by atoms with van der Waals surface area (Å²) in [6, 6.07) is 4.50. The van der Waals surface area contributed by atoms with Gasteiger partial charge in [-0.1, -0.05) is 0 Å². The Morgan fingerprint density at radius 2 is 2.00 bits per heavy atom. The summed E-state index contributed by atoms with van der Waals surface area (Å²) in [5, 5.41) is 9.11. The van der Waals surface area contributed by atoms with Crippen molar-refractivity contribution < 1.29 is 0 Å². The van der Waals surface area contributed by atoms with E-state index in [-0.39, 0.29) is 5.54 Å². The molecule has 0 saturated heterocycles. The van der Waals surface area contributed by atoms with E-state index >= 15 is 0 Å². The molecule has 0 aliphatic carbocycles. The van der Waals surface area contributed by atoms with E-state index in [0.29, 0.717) is 0 Å². The van der Waals surface area contributed by atoms with Gasteiger partial charge in [-0.3, -0.25) is 0 Å². The molecule has 0 saturated carbocycles. The number of hydrogen-bond acceptors (Lipinski definition) is 4. The monoisotopic (exact) mass is 268 g/mol. The molecule has 4 heteroatoms. The molecular formula is C13H20N2S2. The lowest BCUT2D eigenvalue weighted by atomic mass is 10.1. The zero-order valence-corrected chi connectivity index (χ0v) is 12.3. The first kappa shape index (κ1) is 13.0. The minimum absolute atomic E-state index is 0.215. The Hall–Kier alpha value is -0.420. The van der Waals surface area contributed by atoms with Crippen LogP contribution in [-0.4, -0.2) is 18.6 Å². The predicted octanol–water partition coefficient (Wildman–Crippen LogP) is 3.44. The van der Waals surface area contributed by atoms with Crippen molar-refractivity contribution in [3.8, 4) is 0 Å². The first-order chi connectivity index (χ1) is 8.04. The largest absolute Gasteiger partial charge is 0.311 e. The highest BCUT2D eigenvalue weighted by Gasteiger charge is 2.07. The molecule has 0 radical (unpaired) electrons. The molecule has 0 fully saturated rings. The van der Waals surface area contributed by atoms with Crippen molar-refractivity contribution >= 4 is 32.1 Å². The second-order valence-corrected chi connectivity index (χ2v) is 7.33. The van der Waals surface area contributed by atoms with Crippen LogP contribution < -0.4 is 10.6 Å². The Morgan fingerprint density at radius 1 is 1.18 bits per heavy atom. The summed E-state index contributed by atoms with van der Waals surface area (Å²) in [4.78, 5) is 1.43. The first-order valence-electron chi connectivity index (χ1n) is 5.96. The predicted molar refractivity (Wildman–Crippen MR) is 79.2 cm³/mol. The summed E-state index contributed by atoms with van der Waals surface area (Å²) >= 11 is 3.72. The van der Waals surface area contributed by atoms with Crippen LogP contribution in [0.3, 0.4) is 0 Å². The van der Waals surface area contributed by atoms with Gasteiger partial charge in [-0.2, -0.15) is 0 Å². The third-order valence-corrected chi connectivity index (χ3v) is 4.54. The zero-order chi connectivity index (χ0) is 12.3. The van der Waals surface area contributed by atoms with E-state index < -0.39 is 0 Å². The molecule has 2 aromatic rings. The van der Waals surface area contributed by atoms with Gasteiger partial charge in [0.2, 0.25) is 0 Å². The molecule has 2 nitrogen and oxygen atoms in total. The van der Waals surface area contributed by atoms with Gasteiger partial charge in [-0.15, -0.1) is 22.7 Å². The quantitative estimate of drug-likeness (QED) is 0.812. The van der Waals surface area contributed by atoms with Crippen molar-refractivity contribution in [1.82, 2.24) is 10.6 Å². The summed E-state index contributed by atoms with van der Waals surface area (Å²) < 4.78 is 2.83. The van der Waals surface area contributed by atoms with Gasteiger partial charge in [0.1, 0.15) is 0 Å². The summed E-state index contributed by atoms with van der Waals surface area (Å²) in [7, 11) is 0. The second kappa shape index (κ2) is 5.48. The number of nitrogens with one attached hydrogen (secondary N) is 2. The Morgan fingerprint density at radius 3 is 2.71 bits per heavy atom. The Kier molecular flexibility index (Phi) is 4.20. The molecule has 0 unspecified atom stereocenters. The van der Waals surface area contributed by atoms with E-state index in [0.717, 1.165) is 19.6 Å². The SMILES string of the molecule is CC(C)(C)NCCNCc1cc2sccc2s1. The minimum atomic E-state index is 0.215. The molecule has 2 aromatic heterocycles. The lowest BCUT2D eigenvalue weighted by Crippen LogP contribution is -2.40. The zero-order valence-electron chi connectivity index (χ0n) is 10.7. The average molecular weight is 268 g/mol. The average Bonchev–Trinajstić information content (AvgIpc) is 2.75. The topological polar surface area (TPSA) is 24.1 Å². The van der Waals surface area contributed by atoms with Crippen molar-refractivity contribution in [2.24, 2.45) is 0 Å². The standard InChI is InChI=1S/C13H20N2S2/c1-13(2,3)15-6-5-14-9-10-8-12-11(17-10)4-7-16-12/h4,7-8,14-15H,5-6,9H2,1-3H3. The summed E-state index contributed by atoms with van der Waals surface area (Å²) in [6.45, 7) is 9.60. The van der Waals surface area contributed by atoms with E-state index in [9.17, 15) is 0 Å². The van der Waals surface area contributed by atoms with Crippen molar-refractivity contribution in [1.29, 1.82) is 0 Å². The van der Waals surface area contributed by atoms with E-state index in [1.54, 1.807) is 0 Å². The molecule has 94 valence electrons. The maximum Gasteiger partial charge on any atom is 0.0453 e. The first-order valence-corrected chi connectivity index (χ1v) is 7.66. The third kappa shape index (κ3) is 4.07. The Bertz CT molecular complexity index is 436. The summed E-state index contributed by atoms with van der Waals surface area (Å²) in [6.07, 6.45) is 0. The van der Waals surface area contributed by atoms with Crippen LogP contribution in [0.5, 0.6) is 0 Å². The minimum Gasteiger partial charge on any atom is -0.311 e. The second-order valence-electron chi connectivity index (χ2n) is 5.22. The third-order valence-electron chi connectivity index (χ3n) is 2.45. The maximum absolute atomic E-state index is 3.48. The molecule has 2 heterocycles. The van der Waals surface area contributed by atoms with Crippen LogP contribution in [0.2, 0.25) is 0 Å². The Labute approximate surface area is 111 Å². The highest BCUT2D eigenvalue weighted by atomic mass is 32.1. The molecule has 0 atom stereocenters. The van der Waals surface area contributed by atoms with Gasteiger partial charge in [0.25, 0.3) is 0 Å². The van der Waals surface area contributed by atoms with Gasteiger partial charge in [-0.05, 0) is 38.3 Å². The molecular weight excluding hydrogens is 248 g/mol.